The van der Waals surface area contributed by atoms with Crippen LogP contribution in [0.5, 0.6) is 0 Å². The minimum atomic E-state index is -6.07. The molecule has 0 bridgehead atoms. The van der Waals surface area contributed by atoms with Crippen LogP contribution in [0.1, 0.15) is 16.7 Å². The normalized spacial score (nSPS) is 11.5. The second-order valence-corrected chi connectivity index (χ2v) is 9.28. The van der Waals surface area contributed by atoms with Crippen molar-refractivity contribution in [2.45, 2.75) is 17.2 Å². The van der Waals surface area contributed by atoms with Gasteiger partial charge in [-0.05, 0) is 29.3 Å². The number of rotatable bonds is 6. The van der Waals surface area contributed by atoms with Gasteiger partial charge >= 0.3 is 59.1 Å². The zero-order chi connectivity index (χ0) is 18.0. The molecule has 0 saturated carbocycles. The average Bonchev–Trinajstić information content (AvgIpc) is 2.48. The SMILES string of the molecule is O=P([O-])([O-])C(F)(F)c1ccc(CSCc2ccc(Br)cc2)cc1Br.[Na+].[Na+]. The number of hydrogen-bond acceptors (Lipinski definition) is 4. The molecule has 0 atom stereocenters. The first-order valence-corrected chi connectivity index (χ1v) is 10.9. The number of alkyl halides is 2. The smallest absolute Gasteiger partial charge is 0.806 e. The third-order valence-electron chi connectivity index (χ3n) is 3.15. The molecule has 26 heavy (non-hydrogen) atoms. The van der Waals surface area contributed by atoms with E-state index in [1.165, 1.54) is 12.1 Å². The van der Waals surface area contributed by atoms with E-state index in [0.717, 1.165) is 27.4 Å². The van der Waals surface area contributed by atoms with Crippen molar-refractivity contribution in [1.82, 2.24) is 0 Å². The molecule has 0 saturated heterocycles. The first-order chi connectivity index (χ1) is 11.1. The molecule has 0 fully saturated rings. The summed E-state index contributed by atoms with van der Waals surface area (Å²) in [6.07, 6.45) is 0. The molecule has 0 radical (unpaired) electrons. The molecule has 0 spiro atoms. The summed E-state index contributed by atoms with van der Waals surface area (Å²) >= 11 is 7.88. The van der Waals surface area contributed by atoms with Gasteiger partial charge in [0.15, 0.2) is 0 Å². The van der Waals surface area contributed by atoms with E-state index < -0.39 is 18.8 Å². The Morgan fingerprint density at radius 3 is 1.96 bits per heavy atom. The van der Waals surface area contributed by atoms with E-state index in [1.54, 1.807) is 11.8 Å². The molecule has 0 aliphatic carbocycles. The Kier molecular flexibility index (Phi) is 12.6. The third-order valence-corrected chi connectivity index (χ3v) is 6.34. The summed E-state index contributed by atoms with van der Waals surface area (Å²) in [7, 11) is -6.07. The molecule has 3 nitrogen and oxygen atoms in total. The van der Waals surface area contributed by atoms with Crippen LogP contribution in [-0.4, -0.2) is 0 Å². The van der Waals surface area contributed by atoms with Crippen molar-refractivity contribution < 1.29 is 82.2 Å². The molecule has 0 N–H and O–H groups in total. The van der Waals surface area contributed by atoms with Crippen LogP contribution in [0.15, 0.2) is 51.4 Å². The van der Waals surface area contributed by atoms with Crippen LogP contribution in [0.25, 0.3) is 0 Å². The standard InChI is InChI=1S/C15H13Br2F2O3PS.2Na/c16-12-4-1-10(2-5-12)8-24-9-11-3-6-13(14(17)7-11)15(18,19)23(20,21)22;;/h1-7H,8-9H2,(H2,20,21,22);;/q;2*+1/p-2. The van der Waals surface area contributed by atoms with Gasteiger partial charge in [-0.15, -0.1) is 0 Å². The van der Waals surface area contributed by atoms with E-state index >= 15 is 0 Å². The Bertz CT molecular complexity index is 776. The summed E-state index contributed by atoms with van der Waals surface area (Å²) in [6, 6.07) is 11.6. The molecule has 2 aromatic carbocycles. The van der Waals surface area contributed by atoms with E-state index in [9.17, 15) is 23.1 Å². The van der Waals surface area contributed by atoms with Crippen LogP contribution in [0, 0.1) is 0 Å². The van der Waals surface area contributed by atoms with Gasteiger partial charge in [-0.2, -0.15) is 20.5 Å². The van der Waals surface area contributed by atoms with Crippen molar-refractivity contribution in [2.75, 3.05) is 0 Å². The first kappa shape index (κ1) is 27.8. The van der Waals surface area contributed by atoms with Crippen molar-refractivity contribution in [3.63, 3.8) is 0 Å². The van der Waals surface area contributed by atoms with Gasteiger partial charge in [-0.25, -0.2) is 0 Å². The van der Waals surface area contributed by atoms with Crippen LogP contribution in [-0.2, 0) is 21.7 Å². The predicted octanol–water partition coefficient (Wildman–Crippen LogP) is -1.38. The summed E-state index contributed by atoms with van der Waals surface area (Å²) in [6.45, 7) is 0. The zero-order valence-corrected chi connectivity index (χ0v) is 22.9. The number of hydrogen-bond donors (Lipinski definition) is 0. The molecule has 2 rings (SSSR count). The Hall–Kier alpha value is 1.76. The quantitative estimate of drug-likeness (QED) is 0.331. The van der Waals surface area contributed by atoms with Gasteiger partial charge in [0, 0.05) is 33.6 Å². The molecule has 0 aromatic heterocycles. The summed E-state index contributed by atoms with van der Waals surface area (Å²) in [5.41, 5.74) is -3.40. The Morgan fingerprint density at radius 2 is 1.46 bits per heavy atom. The topological polar surface area (TPSA) is 63.2 Å². The maximum Gasteiger partial charge on any atom is 1.00 e. The van der Waals surface area contributed by atoms with E-state index in [1.807, 2.05) is 24.3 Å². The third kappa shape index (κ3) is 7.54. The van der Waals surface area contributed by atoms with Gasteiger partial charge in [-0.3, -0.25) is 0 Å². The minimum absolute atomic E-state index is 0. The number of thioether (sulfide) groups is 1. The van der Waals surface area contributed by atoms with Crippen LogP contribution in [0.2, 0.25) is 0 Å². The molecule has 0 heterocycles. The maximum atomic E-state index is 13.6. The molecule has 2 aromatic rings. The molecule has 130 valence electrons. The van der Waals surface area contributed by atoms with Crippen molar-refractivity contribution in [1.29, 1.82) is 0 Å². The maximum absolute atomic E-state index is 13.6. The first-order valence-electron chi connectivity index (χ1n) is 6.62. The van der Waals surface area contributed by atoms with Crippen LogP contribution in [0.4, 0.5) is 8.78 Å². The van der Waals surface area contributed by atoms with Crippen LogP contribution in [0.3, 0.4) is 0 Å². The summed E-state index contributed by atoms with van der Waals surface area (Å²) < 4.78 is 38.9. The molecular formula is C15H11Br2F2Na2O3PS. The second-order valence-electron chi connectivity index (χ2n) is 4.97. The number of halogens is 4. The van der Waals surface area contributed by atoms with Crippen LogP contribution >= 0.6 is 51.2 Å². The zero-order valence-electron chi connectivity index (χ0n) is 14.0. The average molecular weight is 546 g/mol. The Labute approximate surface area is 216 Å². The number of benzene rings is 2. The van der Waals surface area contributed by atoms with Crippen molar-refractivity contribution in [3.8, 4) is 0 Å². The fourth-order valence-corrected chi connectivity index (χ4v) is 4.44. The van der Waals surface area contributed by atoms with Crippen LogP contribution < -0.4 is 68.9 Å². The molecule has 0 aliphatic rings. The second kappa shape index (κ2) is 11.8. The molecule has 11 heteroatoms. The van der Waals surface area contributed by atoms with Gasteiger partial charge in [0.25, 0.3) is 5.66 Å². The molecule has 0 aliphatic heterocycles. The van der Waals surface area contributed by atoms with Crippen molar-refractivity contribution in [3.05, 3.63) is 68.1 Å². The molecule has 0 unspecified atom stereocenters. The van der Waals surface area contributed by atoms with Crippen molar-refractivity contribution >= 4 is 51.2 Å². The molecule has 0 amide bonds. The van der Waals surface area contributed by atoms with E-state index in [-0.39, 0.29) is 63.6 Å². The van der Waals surface area contributed by atoms with Crippen molar-refractivity contribution in [2.24, 2.45) is 0 Å². The van der Waals surface area contributed by atoms with Gasteiger partial charge in [0.05, 0.1) is 0 Å². The fourth-order valence-electron chi connectivity index (χ4n) is 1.91. The molecular weight excluding hydrogens is 535 g/mol. The Morgan fingerprint density at radius 1 is 0.962 bits per heavy atom. The summed E-state index contributed by atoms with van der Waals surface area (Å²) in [5, 5.41) is 0. The fraction of sp³-hybridized carbons (Fsp3) is 0.200. The monoisotopic (exact) mass is 544 g/mol. The van der Waals surface area contributed by atoms with Gasteiger partial charge in [-0.1, -0.05) is 56.1 Å². The largest absolute Gasteiger partial charge is 1.00 e. The summed E-state index contributed by atoms with van der Waals surface area (Å²) in [4.78, 5) is 21.5. The van der Waals surface area contributed by atoms with Gasteiger partial charge in [0.1, 0.15) is 0 Å². The Balaban J connectivity index is 0.00000312. The van der Waals surface area contributed by atoms with Gasteiger partial charge in [0.2, 0.25) is 0 Å². The predicted molar refractivity (Wildman–Crippen MR) is 94.8 cm³/mol. The minimum Gasteiger partial charge on any atom is -0.806 e. The van der Waals surface area contributed by atoms with E-state index in [2.05, 4.69) is 31.9 Å². The summed E-state index contributed by atoms with van der Waals surface area (Å²) in [5.74, 6) is 1.31. The van der Waals surface area contributed by atoms with E-state index in [4.69, 9.17) is 0 Å². The van der Waals surface area contributed by atoms with E-state index in [0.29, 0.717) is 5.75 Å². The van der Waals surface area contributed by atoms with Gasteiger partial charge < -0.3 is 14.4 Å².